The van der Waals surface area contributed by atoms with Crippen molar-refractivity contribution in [2.45, 2.75) is 24.1 Å². The number of rotatable bonds is 4. The summed E-state index contributed by atoms with van der Waals surface area (Å²) >= 11 is 12.0. The van der Waals surface area contributed by atoms with E-state index in [4.69, 9.17) is 27.9 Å². The van der Waals surface area contributed by atoms with Crippen LogP contribution in [0.3, 0.4) is 0 Å². The Labute approximate surface area is 184 Å². The van der Waals surface area contributed by atoms with Gasteiger partial charge in [-0.05, 0) is 42.7 Å². The number of nitrogens with zero attached hydrogens (tertiary/aromatic N) is 2. The molecule has 0 saturated carbocycles. The van der Waals surface area contributed by atoms with Crippen LogP contribution >= 0.6 is 23.2 Å². The van der Waals surface area contributed by atoms with Crippen molar-refractivity contribution in [3.63, 3.8) is 0 Å². The summed E-state index contributed by atoms with van der Waals surface area (Å²) in [6.45, 7) is 2.55. The van der Waals surface area contributed by atoms with Gasteiger partial charge in [-0.15, -0.1) is 23.2 Å². The zero-order valence-electron chi connectivity index (χ0n) is 16.3. The number of esters is 1. The van der Waals surface area contributed by atoms with Gasteiger partial charge in [0.2, 0.25) is 0 Å². The Kier molecular flexibility index (Phi) is 5.93. The van der Waals surface area contributed by atoms with Gasteiger partial charge in [0.1, 0.15) is 10.8 Å². The molecule has 3 aromatic rings. The van der Waals surface area contributed by atoms with E-state index in [-0.39, 0.29) is 12.5 Å². The molecule has 5 nitrogen and oxygen atoms in total. The minimum absolute atomic E-state index is 0.252. The molecule has 1 aliphatic rings. The summed E-state index contributed by atoms with van der Waals surface area (Å²) in [7, 11) is 0. The van der Waals surface area contributed by atoms with Gasteiger partial charge in [0.05, 0.1) is 12.1 Å². The standard InChI is InChI=1S/C23H20Cl2N2O3/c1-2-30-23(29)18-13-26-11-10-17-16-8-3-4-9-19(16)27(20(17)18)22(28)15-7-5-6-14(12-15)21(24)25/h3-9,12-13,18,21H,2,10-11H2,1H3. The van der Waals surface area contributed by atoms with Crippen LogP contribution < -0.4 is 0 Å². The summed E-state index contributed by atoms with van der Waals surface area (Å²) in [5.41, 5.74) is 3.37. The number of hydrogen-bond acceptors (Lipinski definition) is 4. The fourth-order valence-corrected chi connectivity index (χ4v) is 4.17. The topological polar surface area (TPSA) is 60.7 Å². The number of fused-ring (bicyclic) bond motifs is 3. The van der Waals surface area contributed by atoms with E-state index in [1.165, 1.54) is 0 Å². The monoisotopic (exact) mass is 442 g/mol. The van der Waals surface area contributed by atoms with Crippen molar-refractivity contribution in [3.8, 4) is 0 Å². The second-order valence-electron chi connectivity index (χ2n) is 6.98. The lowest BCUT2D eigenvalue weighted by Gasteiger charge is -2.16. The Hall–Kier alpha value is -2.63. The number of carbonyl (C=O) groups excluding carboxylic acids is 2. The highest BCUT2D eigenvalue weighted by Gasteiger charge is 2.33. The number of hydrogen-bond donors (Lipinski definition) is 0. The molecule has 0 saturated heterocycles. The lowest BCUT2D eigenvalue weighted by atomic mass is 10.00. The first-order valence-corrected chi connectivity index (χ1v) is 10.6. The molecule has 2 aromatic carbocycles. The quantitative estimate of drug-likeness (QED) is 0.418. The van der Waals surface area contributed by atoms with Gasteiger partial charge in [0.25, 0.3) is 5.91 Å². The first-order valence-electron chi connectivity index (χ1n) is 9.74. The van der Waals surface area contributed by atoms with Crippen LogP contribution in [0.1, 0.15) is 44.9 Å². The molecule has 0 spiro atoms. The fourth-order valence-electron chi connectivity index (χ4n) is 3.90. The maximum absolute atomic E-state index is 13.7. The molecule has 0 fully saturated rings. The van der Waals surface area contributed by atoms with E-state index in [0.717, 1.165) is 16.5 Å². The molecule has 1 aliphatic heterocycles. The van der Waals surface area contributed by atoms with Crippen molar-refractivity contribution in [2.75, 3.05) is 13.2 Å². The van der Waals surface area contributed by atoms with Gasteiger partial charge in [-0.25, -0.2) is 0 Å². The number of aliphatic imine (C=N–C) groups is 1. The summed E-state index contributed by atoms with van der Waals surface area (Å²) in [6.07, 6.45) is 2.23. The Morgan fingerprint density at radius 1 is 1.20 bits per heavy atom. The van der Waals surface area contributed by atoms with Crippen LogP contribution in [0.15, 0.2) is 53.5 Å². The molecule has 1 aromatic heterocycles. The van der Waals surface area contributed by atoms with Crippen molar-refractivity contribution in [1.82, 2.24) is 4.57 Å². The number of para-hydroxylation sites is 1. The van der Waals surface area contributed by atoms with Gasteiger partial charge >= 0.3 is 5.97 Å². The van der Waals surface area contributed by atoms with Crippen LogP contribution in [0.2, 0.25) is 0 Å². The highest BCUT2D eigenvalue weighted by Crippen LogP contribution is 2.34. The first kappa shape index (κ1) is 20.6. The van der Waals surface area contributed by atoms with E-state index in [1.807, 2.05) is 24.3 Å². The maximum Gasteiger partial charge on any atom is 0.320 e. The van der Waals surface area contributed by atoms with Gasteiger partial charge in [0.15, 0.2) is 0 Å². The zero-order chi connectivity index (χ0) is 21.3. The summed E-state index contributed by atoms with van der Waals surface area (Å²) in [5, 5.41) is 0.935. The Bertz CT molecular complexity index is 1150. The largest absolute Gasteiger partial charge is 0.465 e. The SMILES string of the molecule is CCOC(=O)C1C=NCCc2c1n(C(=O)c1cccc(C(Cl)Cl)c1)c1ccccc21. The molecule has 1 atom stereocenters. The molecule has 7 heteroatoms. The van der Waals surface area contributed by atoms with Gasteiger partial charge in [-0.2, -0.15) is 0 Å². The summed E-state index contributed by atoms with van der Waals surface area (Å²) in [6, 6.07) is 14.6. The molecule has 0 N–H and O–H groups in total. The Morgan fingerprint density at radius 3 is 2.77 bits per heavy atom. The molecule has 154 valence electrons. The van der Waals surface area contributed by atoms with Crippen LogP contribution in [0.25, 0.3) is 10.9 Å². The van der Waals surface area contributed by atoms with E-state index in [9.17, 15) is 9.59 Å². The summed E-state index contributed by atoms with van der Waals surface area (Å²) in [4.78, 5) is 30.1. The van der Waals surface area contributed by atoms with E-state index >= 15 is 0 Å². The van der Waals surface area contributed by atoms with Crippen LogP contribution in [-0.2, 0) is 16.0 Å². The third-order valence-electron chi connectivity index (χ3n) is 5.19. The van der Waals surface area contributed by atoms with Crippen molar-refractivity contribution in [3.05, 3.63) is 70.9 Å². The van der Waals surface area contributed by atoms with Gasteiger partial charge in [-0.1, -0.05) is 30.3 Å². The predicted molar refractivity (Wildman–Crippen MR) is 119 cm³/mol. The van der Waals surface area contributed by atoms with Crippen LogP contribution in [0.5, 0.6) is 0 Å². The first-order chi connectivity index (χ1) is 14.5. The normalized spacial score (nSPS) is 15.8. The van der Waals surface area contributed by atoms with Gasteiger partial charge in [0, 0.05) is 29.4 Å². The van der Waals surface area contributed by atoms with Crippen molar-refractivity contribution < 1.29 is 14.3 Å². The lowest BCUT2D eigenvalue weighted by molar-refractivity contribution is -0.143. The number of halogens is 2. The summed E-state index contributed by atoms with van der Waals surface area (Å²) in [5.74, 6) is -1.43. The predicted octanol–water partition coefficient (Wildman–Crippen LogP) is 5.08. The molecule has 0 radical (unpaired) electrons. The molecular formula is C23H20Cl2N2O3. The molecule has 2 heterocycles. The summed E-state index contributed by atoms with van der Waals surface area (Å²) < 4.78 is 6.90. The van der Waals surface area contributed by atoms with Crippen molar-refractivity contribution in [1.29, 1.82) is 0 Å². The smallest absolute Gasteiger partial charge is 0.320 e. The zero-order valence-corrected chi connectivity index (χ0v) is 17.9. The number of aromatic nitrogens is 1. The highest BCUT2D eigenvalue weighted by atomic mass is 35.5. The van der Waals surface area contributed by atoms with Gasteiger partial charge in [-0.3, -0.25) is 19.1 Å². The minimum Gasteiger partial charge on any atom is -0.465 e. The molecule has 30 heavy (non-hydrogen) atoms. The van der Waals surface area contributed by atoms with E-state index < -0.39 is 16.7 Å². The maximum atomic E-state index is 13.7. The minimum atomic E-state index is -0.754. The molecule has 1 unspecified atom stereocenters. The second-order valence-corrected chi connectivity index (χ2v) is 8.08. The fraction of sp³-hybridized carbons (Fsp3) is 0.261. The van der Waals surface area contributed by atoms with E-state index in [1.54, 1.807) is 42.0 Å². The molecule has 0 bridgehead atoms. The van der Waals surface area contributed by atoms with Crippen LogP contribution in [0, 0.1) is 0 Å². The third-order valence-corrected chi connectivity index (χ3v) is 5.69. The van der Waals surface area contributed by atoms with E-state index in [2.05, 4.69) is 4.99 Å². The number of alkyl halides is 2. The molecular weight excluding hydrogens is 423 g/mol. The number of ether oxygens (including phenoxy) is 1. The van der Waals surface area contributed by atoms with Crippen molar-refractivity contribution in [2.24, 2.45) is 4.99 Å². The van der Waals surface area contributed by atoms with Crippen LogP contribution in [0.4, 0.5) is 0 Å². The number of benzene rings is 2. The van der Waals surface area contributed by atoms with E-state index in [0.29, 0.717) is 29.8 Å². The van der Waals surface area contributed by atoms with Gasteiger partial charge < -0.3 is 4.74 Å². The lowest BCUT2D eigenvalue weighted by Crippen LogP contribution is -2.24. The molecule has 0 amide bonds. The van der Waals surface area contributed by atoms with Crippen molar-refractivity contribution >= 4 is 52.2 Å². The highest BCUT2D eigenvalue weighted by molar-refractivity contribution is 6.44. The molecule has 4 rings (SSSR count). The Balaban J connectivity index is 1.96. The second kappa shape index (κ2) is 8.62. The number of carbonyl (C=O) groups is 2. The average Bonchev–Trinajstić information content (AvgIpc) is 2.91. The third kappa shape index (κ3) is 3.64. The Morgan fingerprint density at radius 2 is 2.00 bits per heavy atom. The van der Waals surface area contributed by atoms with Crippen LogP contribution in [-0.4, -0.2) is 35.8 Å². The molecule has 0 aliphatic carbocycles. The average molecular weight is 443 g/mol.